The number of nitrogens with zero attached hydrogens (tertiary/aromatic N) is 4. The van der Waals surface area contributed by atoms with Gasteiger partial charge in [-0.3, -0.25) is 15.2 Å². The van der Waals surface area contributed by atoms with Gasteiger partial charge in [0, 0.05) is 0 Å². The smallest absolute Gasteiger partial charge is 0.315 e. The molecule has 2 heterocycles. The number of H-pyrrole nitrogens is 1. The quantitative estimate of drug-likeness (QED) is 0.687. The van der Waals surface area contributed by atoms with Crippen molar-refractivity contribution >= 4 is 23.7 Å². The van der Waals surface area contributed by atoms with Gasteiger partial charge in [-0.05, 0) is 19.1 Å². The van der Waals surface area contributed by atoms with Crippen LogP contribution in [0.4, 0.5) is 10.4 Å². The average molecular weight is 334 g/mol. The Hall–Kier alpha value is -2.75. The van der Waals surface area contributed by atoms with Gasteiger partial charge in [0.25, 0.3) is 0 Å². The standard InChI is InChI=1S/C13H11FN6O2S/c1-7-15-12(22-20-7)16-10(21)6-23-13-17-11(18-19-13)8-4-2-3-5-9(8)14/h2-5H,6H2,1H3,(H,17,18,19)(H,15,16,20,21). The van der Waals surface area contributed by atoms with Gasteiger partial charge in [-0.15, -0.1) is 5.10 Å². The predicted molar refractivity (Wildman–Crippen MR) is 80.2 cm³/mol. The van der Waals surface area contributed by atoms with Gasteiger partial charge in [0.05, 0.1) is 11.3 Å². The Morgan fingerprint density at radius 1 is 1.39 bits per heavy atom. The number of nitrogens with one attached hydrogen (secondary N) is 2. The van der Waals surface area contributed by atoms with E-state index in [1.54, 1.807) is 25.1 Å². The van der Waals surface area contributed by atoms with Crippen LogP contribution in [0.5, 0.6) is 0 Å². The summed E-state index contributed by atoms with van der Waals surface area (Å²) in [6.45, 7) is 1.64. The Bertz CT molecular complexity index is 833. The molecule has 0 fully saturated rings. The molecule has 0 bridgehead atoms. The van der Waals surface area contributed by atoms with Crippen LogP contribution in [-0.2, 0) is 4.79 Å². The Labute approximate surface area is 133 Å². The van der Waals surface area contributed by atoms with Crippen molar-refractivity contribution in [3.8, 4) is 11.4 Å². The first-order valence-corrected chi connectivity index (χ1v) is 7.50. The molecule has 3 aromatic rings. The van der Waals surface area contributed by atoms with Gasteiger partial charge in [-0.2, -0.15) is 4.98 Å². The van der Waals surface area contributed by atoms with Crippen molar-refractivity contribution in [3.05, 3.63) is 35.9 Å². The van der Waals surface area contributed by atoms with E-state index < -0.39 is 5.82 Å². The van der Waals surface area contributed by atoms with Crippen LogP contribution in [-0.4, -0.2) is 37.0 Å². The average Bonchev–Trinajstić information content (AvgIpc) is 3.15. The van der Waals surface area contributed by atoms with E-state index >= 15 is 0 Å². The molecule has 118 valence electrons. The zero-order chi connectivity index (χ0) is 16.2. The summed E-state index contributed by atoms with van der Waals surface area (Å²) in [7, 11) is 0. The number of hydrogen-bond acceptors (Lipinski definition) is 7. The highest BCUT2D eigenvalue weighted by Crippen LogP contribution is 2.21. The molecule has 1 aromatic carbocycles. The zero-order valence-electron chi connectivity index (χ0n) is 11.9. The summed E-state index contributed by atoms with van der Waals surface area (Å²) >= 11 is 1.10. The molecule has 1 amide bonds. The summed E-state index contributed by atoms with van der Waals surface area (Å²) in [5.41, 5.74) is 0.317. The minimum Gasteiger partial charge on any atom is -0.315 e. The third kappa shape index (κ3) is 3.72. The zero-order valence-corrected chi connectivity index (χ0v) is 12.7. The summed E-state index contributed by atoms with van der Waals surface area (Å²) in [5, 5.41) is 12.9. The van der Waals surface area contributed by atoms with Crippen LogP contribution < -0.4 is 5.32 Å². The molecule has 3 rings (SSSR count). The maximum absolute atomic E-state index is 13.7. The fourth-order valence-electron chi connectivity index (χ4n) is 1.72. The third-order valence-electron chi connectivity index (χ3n) is 2.70. The Morgan fingerprint density at radius 2 is 2.22 bits per heavy atom. The van der Waals surface area contributed by atoms with E-state index in [-0.39, 0.29) is 17.7 Å². The van der Waals surface area contributed by atoms with Gasteiger partial charge >= 0.3 is 6.01 Å². The van der Waals surface area contributed by atoms with E-state index in [0.29, 0.717) is 22.4 Å². The first-order chi connectivity index (χ1) is 11.1. The molecule has 0 radical (unpaired) electrons. The summed E-state index contributed by atoms with van der Waals surface area (Å²) in [4.78, 5) is 19.8. The Balaban J connectivity index is 1.59. The lowest BCUT2D eigenvalue weighted by atomic mass is 10.2. The maximum atomic E-state index is 13.7. The molecule has 0 aliphatic heterocycles. The number of thioether (sulfide) groups is 1. The van der Waals surface area contributed by atoms with Crippen molar-refractivity contribution in [1.82, 2.24) is 25.3 Å². The largest absolute Gasteiger partial charge is 0.328 e. The molecule has 0 aliphatic rings. The third-order valence-corrected chi connectivity index (χ3v) is 3.55. The van der Waals surface area contributed by atoms with E-state index in [1.807, 2.05) is 0 Å². The molecule has 23 heavy (non-hydrogen) atoms. The van der Waals surface area contributed by atoms with Crippen molar-refractivity contribution < 1.29 is 13.7 Å². The molecule has 2 aromatic heterocycles. The fraction of sp³-hybridized carbons (Fsp3) is 0.154. The lowest BCUT2D eigenvalue weighted by molar-refractivity contribution is -0.114. The topological polar surface area (TPSA) is 110 Å². The number of aromatic amines is 1. The van der Waals surface area contributed by atoms with Crippen molar-refractivity contribution in [2.75, 3.05) is 11.1 Å². The van der Waals surface area contributed by atoms with Gasteiger partial charge in [0.1, 0.15) is 5.82 Å². The second kappa shape index (κ2) is 6.57. The highest BCUT2D eigenvalue weighted by atomic mass is 32.2. The number of aromatic nitrogens is 5. The molecule has 0 unspecified atom stereocenters. The highest BCUT2D eigenvalue weighted by molar-refractivity contribution is 7.99. The SMILES string of the molecule is Cc1noc(NC(=O)CSc2n[nH]c(-c3ccccc3F)n2)n1. The van der Waals surface area contributed by atoms with Crippen LogP contribution in [0, 0.1) is 12.7 Å². The minimum absolute atomic E-state index is 0.0372. The Kier molecular flexibility index (Phi) is 4.33. The van der Waals surface area contributed by atoms with E-state index in [4.69, 9.17) is 4.52 Å². The molecule has 0 atom stereocenters. The van der Waals surface area contributed by atoms with Crippen LogP contribution >= 0.6 is 11.8 Å². The van der Waals surface area contributed by atoms with Gasteiger partial charge < -0.3 is 4.52 Å². The fourth-order valence-corrected chi connectivity index (χ4v) is 2.32. The Morgan fingerprint density at radius 3 is 2.96 bits per heavy atom. The van der Waals surface area contributed by atoms with Gasteiger partial charge in [0.15, 0.2) is 11.6 Å². The number of aryl methyl sites for hydroxylation is 1. The lowest BCUT2D eigenvalue weighted by Gasteiger charge is -1.97. The maximum Gasteiger partial charge on any atom is 0.328 e. The first kappa shape index (κ1) is 15.2. The lowest BCUT2D eigenvalue weighted by Crippen LogP contribution is -2.14. The number of halogens is 1. The summed E-state index contributed by atoms with van der Waals surface area (Å²) in [5.74, 6) is 0.0475. The highest BCUT2D eigenvalue weighted by Gasteiger charge is 2.13. The molecule has 0 spiro atoms. The van der Waals surface area contributed by atoms with Crippen molar-refractivity contribution in [1.29, 1.82) is 0 Å². The molecule has 2 N–H and O–H groups in total. The van der Waals surface area contributed by atoms with Crippen LogP contribution in [0.3, 0.4) is 0 Å². The minimum atomic E-state index is -0.398. The van der Waals surface area contributed by atoms with Crippen molar-refractivity contribution in [2.24, 2.45) is 0 Å². The van der Waals surface area contributed by atoms with Gasteiger partial charge in [-0.1, -0.05) is 29.1 Å². The summed E-state index contributed by atoms with van der Waals surface area (Å²) in [6.07, 6.45) is 0. The number of hydrogen-bond donors (Lipinski definition) is 2. The molecular weight excluding hydrogens is 323 g/mol. The van der Waals surface area contributed by atoms with Crippen LogP contribution in [0.1, 0.15) is 5.82 Å². The molecule has 0 saturated carbocycles. The van der Waals surface area contributed by atoms with Crippen LogP contribution in [0.25, 0.3) is 11.4 Å². The molecule has 8 nitrogen and oxygen atoms in total. The second-order valence-corrected chi connectivity index (χ2v) is 5.37. The number of anilines is 1. The molecule has 0 aliphatic carbocycles. The second-order valence-electron chi connectivity index (χ2n) is 4.43. The van der Waals surface area contributed by atoms with E-state index in [9.17, 15) is 9.18 Å². The van der Waals surface area contributed by atoms with E-state index in [0.717, 1.165) is 11.8 Å². The normalized spacial score (nSPS) is 10.7. The van der Waals surface area contributed by atoms with Crippen molar-refractivity contribution in [2.45, 2.75) is 12.1 Å². The summed E-state index contributed by atoms with van der Waals surface area (Å²) < 4.78 is 18.4. The number of rotatable bonds is 5. The molecule has 10 heteroatoms. The molecular formula is C13H11FN6O2S. The number of carbonyl (C=O) groups excluding carboxylic acids is 1. The first-order valence-electron chi connectivity index (χ1n) is 6.52. The van der Waals surface area contributed by atoms with Crippen LogP contribution in [0.2, 0.25) is 0 Å². The van der Waals surface area contributed by atoms with Gasteiger partial charge in [-0.25, -0.2) is 9.37 Å². The summed E-state index contributed by atoms with van der Waals surface area (Å²) in [6, 6.07) is 6.26. The van der Waals surface area contributed by atoms with Crippen LogP contribution in [0.15, 0.2) is 33.9 Å². The van der Waals surface area contributed by atoms with Gasteiger partial charge in [0.2, 0.25) is 11.1 Å². The number of benzene rings is 1. The van der Waals surface area contributed by atoms with E-state index in [2.05, 4.69) is 30.6 Å². The van der Waals surface area contributed by atoms with Crippen molar-refractivity contribution in [3.63, 3.8) is 0 Å². The molecule has 0 saturated heterocycles. The number of carbonyl (C=O) groups is 1. The monoisotopic (exact) mass is 334 g/mol. The number of amides is 1. The van der Waals surface area contributed by atoms with E-state index in [1.165, 1.54) is 6.07 Å². The predicted octanol–water partition coefficient (Wildman–Crippen LogP) is 2.03.